The first kappa shape index (κ1) is 25.1. The number of piperazine rings is 1. The fourth-order valence-electron chi connectivity index (χ4n) is 4.36. The molecule has 180 valence electrons. The van der Waals surface area contributed by atoms with Crippen LogP contribution in [0.2, 0.25) is 0 Å². The number of ether oxygens (including phenoxy) is 1. The van der Waals surface area contributed by atoms with Crippen molar-refractivity contribution in [3.8, 4) is 5.75 Å². The van der Waals surface area contributed by atoms with Gasteiger partial charge in [0.05, 0.1) is 23.2 Å². The number of sulfonamides is 1. The lowest BCUT2D eigenvalue weighted by Crippen LogP contribution is -2.54. The first-order valence-electron chi connectivity index (χ1n) is 11.4. The summed E-state index contributed by atoms with van der Waals surface area (Å²) in [4.78, 5) is 17.3. The lowest BCUT2D eigenvalue weighted by atomic mass is 10.0. The molecule has 1 saturated heterocycles. The highest BCUT2D eigenvalue weighted by Gasteiger charge is 2.30. The van der Waals surface area contributed by atoms with Gasteiger partial charge in [0.25, 0.3) is 0 Å². The Morgan fingerprint density at radius 3 is 2.18 bits per heavy atom. The molecule has 0 unspecified atom stereocenters. The summed E-state index contributed by atoms with van der Waals surface area (Å²) in [7, 11) is -3.84. The van der Waals surface area contributed by atoms with E-state index in [0.717, 1.165) is 22.6 Å². The third-order valence-corrected chi connectivity index (χ3v) is 8.18. The molecule has 0 aliphatic carbocycles. The van der Waals surface area contributed by atoms with Crippen molar-refractivity contribution in [1.82, 2.24) is 9.62 Å². The van der Waals surface area contributed by atoms with Gasteiger partial charge >= 0.3 is 0 Å². The quantitative estimate of drug-likeness (QED) is 0.667. The van der Waals surface area contributed by atoms with Crippen LogP contribution in [0.4, 0.5) is 5.69 Å². The smallest absolute Gasteiger partial charge is 0.241 e. The molecule has 1 N–H and O–H groups in total. The summed E-state index contributed by atoms with van der Waals surface area (Å²) >= 11 is 0. The summed E-state index contributed by atoms with van der Waals surface area (Å²) in [6.45, 7) is 13.9. The van der Waals surface area contributed by atoms with Crippen LogP contribution in [-0.4, -0.2) is 58.1 Å². The number of carbonyl (C=O) groups is 1. The summed E-state index contributed by atoms with van der Waals surface area (Å²) in [5.74, 6) is 0.621. The topological polar surface area (TPSA) is 79.0 Å². The molecule has 3 rings (SSSR count). The van der Waals surface area contributed by atoms with Crippen molar-refractivity contribution in [1.29, 1.82) is 0 Å². The van der Waals surface area contributed by atoms with Crippen LogP contribution < -0.4 is 14.4 Å². The van der Waals surface area contributed by atoms with Gasteiger partial charge in [-0.1, -0.05) is 18.2 Å². The van der Waals surface area contributed by atoms with E-state index < -0.39 is 16.1 Å². The van der Waals surface area contributed by atoms with Gasteiger partial charge in [-0.15, -0.1) is 0 Å². The molecule has 1 aliphatic heterocycles. The summed E-state index contributed by atoms with van der Waals surface area (Å²) in [6, 6.07) is 9.03. The molecule has 1 aliphatic rings. The van der Waals surface area contributed by atoms with E-state index in [-0.39, 0.29) is 10.8 Å². The lowest BCUT2D eigenvalue weighted by molar-refractivity contribution is -0.132. The third-order valence-electron chi connectivity index (χ3n) is 6.37. The van der Waals surface area contributed by atoms with Gasteiger partial charge in [0.15, 0.2) is 0 Å². The highest BCUT2D eigenvalue weighted by molar-refractivity contribution is 7.89. The molecule has 0 radical (unpaired) electrons. The summed E-state index contributed by atoms with van der Waals surface area (Å²) < 4.78 is 34.8. The molecule has 8 heteroatoms. The van der Waals surface area contributed by atoms with Gasteiger partial charge in [0, 0.05) is 26.2 Å². The van der Waals surface area contributed by atoms with Crippen molar-refractivity contribution in [2.75, 3.05) is 37.7 Å². The minimum absolute atomic E-state index is 0.212. The SMILES string of the molecule is CCOc1ccccc1N1CCN(C(=O)[C@H](C)NS(=O)(=O)c2c(C)c(C)cc(C)c2C)CC1. The Morgan fingerprint density at radius 1 is 1.03 bits per heavy atom. The standard InChI is InChI=1S/C25H35N3O4S/c1-7-32-23-11-9-8-10-22(23)27-12-14-28(15-13-27)25(29)21(6)26-33(30,31)24-19(4)17(2)16-18(3)20(24)5/h8-11,16,21,26H,7,12-15H2,1-6H3/t21-/m0/s1. The fraction of sp³-hybridized carbons (Fsp3) is 0.480. The molecule has 1 heterocycles. The first-order chi connectivity index (χ1) is 15.6. The van der Waals surface area contributed by atoms with Crippen molar-refractivity contribution >= 4 is 21.6 Å². The molecule has 1 fully saturated rings. The molecular formula is C25H35N3O4S. The van der Waals surface area contributed by atoms with Gasteiger partial charge < -0.3 is 14.5 Å². The molecule has 2 aromatic carbocycles. The molecule has 1 atom stereocenters. The normalized spacial score (nSPS) is 15.5. The van der Waals surface area contributed by atoms with Crippen LogP contribution in [0.15, 0.2) is 35.2 Å². The number of amides is 1. The highest BCUT2D eigenvalue weighted by atomic mass is 32.2. The maximum atomic E-state index is 13.2. The number of para-hydroxylation sites is 2. The highest BCUT2D eigenvalue weighted by Crippen LogP contribution is 2.29. The van der Waals surface area contributed by atoms with E-state index in [9.17, 15) is 13.2 Å². The van der Waals surface area contributed by atoms with Gasteiger partial charge in [-0.3, -0.25) is 4.79 Å². The molecule has 33 heavy (non-hydrogen) atoms. The van der Waals surface area contributed by atoms with E-state index in [1.807, 2.05) is 65.0 Å². The number of carbonyl (C=O) groups excluding carboxylic acids is 1. The minimum Gasteiger partial charge on any atom is -0.492 e. The Hall–Kier alpha value is -2.58. The maximum absolute atomic E-state index is 13.2. The van der Waals surface area contributed by atoms with Crippen molar-refractivity contribution in [2.24, 2.45) is 0 Å². The predicted octanol–water partition coefficient (Wildman–Crippen LogP) is 3.33. The molecule has 1 amide bonds. The van der Waals surface area contributed by atoms with Crippen molar-refractivity contribution in [3.63, 3.8) is 0 Å². The van der Waals surface area contributed by atoms with Crippen LogP contribution in [0.5, 0.6) is 5.75 Å². The number of benzene rings is 2. The molecule has 0 aromatic heterocycles. The summed E-state index contributed by atoms with van der Waals surface area (Å²) in [5, 5.41) is 0. The zero-order valence-electron chi connectivity index (χ0n) is 20.4. The third kappa shape index (κ3) is 5.33. The summed E-state index contributed by atoms with van der Waals surface area (Å²) in [5.41, 5.74) is 4.28. The lowest BCUT2D eigenvalue weighted by Gasteiger charge is -2.37. The molecule has 7 nitrogen and oxygen atoms in total. The second-order valence-electron chi connectivity index (χ2n) is 8.65. The second kappa shape index (κ2) is 10.1. The fourth-order valence-corrected chi connectivity index (χ4v) is 6.18. The van der Waals surface area contributed by atoms with E-state index in [4.69, 9.17) is 4.74 Å². The van der Waals surface area contributed by atoms with Gasteiger partial charge in [-0.25, -0.2) is 8.42 Å². The van der Waals surface area contributed by atoms with Crippen LogP contribution in [0.1, 0.15) is 36.1 Å². The Labute approximate surface area is 197 Å². The van der Waals surface area contributed by atoms with E-state index >= 15 is 0 Å². The number of hydrogen-bond donors (Lipinski definition) is 1. The van der Waals surface area contributed by atoms with Crippen molar-refractivity contribution in [2.45, 2.75) is 52.5 Å². The monoisotopic (exact) mass is 473 g/mol. The zero-order valence-corrected chi connectivity index (χ0v) is 21.3. The Kier molecular flexibility index (Phi) is 7.69. The largest absolute Gasteiger partial charge is 0.492 e. The predicted molar refractivity (Wildman–Crippen MR) is 132 cm³/mol. The van der Waals surface area contributed by atoms with Crippen molar-refractivity contribution in [3.05, 3.63) is 52.6 Å². The zero-order chi connectivity index (χ0) is 24.3. The Morgan fingerprint density at radius 2 is 1.61 bits per heavy atom. The molecule has 0 bridgehead atoms. The van der Waals surface area contributed by atoms with Crippen LogP contribution >= 0.6 is 0 Å². The van der Waals surface area contributed by atoms with E-state index in [1.165, 1.54) is 0 Å². The van der Waals surface area contributed by atoms with E-state index in [1.54, 1.807) is 11.8 Å². The number of anilines is 1. The van der Waals surface area contributed by atoms with Crippen molar-refractivity contribution < 1.29 is 17.9 Å². The number of nitrogens with one attached hydrogen (secondary N) is 1. The minimum atomic E-state index is -3.84. The van der Waals surface area contributed by atoms with Crippen LogP contribution in [0.3, 0.4) is 0 Å². The Balaban J connectivity index is 1.69. The summed E-state index contributed by atoms with van der Waals surface area (Å²) in [6.07, 6.45) is 0. The van der Waals surface area contributed by atoms with E-state index in [2.05, 4.69) is 9.62 Å². The second-order valence-corrected chi connectivity index (χ2v) is 10.3. The number of hydrogen-bond acceptors (Lipinski definition) is 5. The van der Waals surface area contributed by atoms with E-state index in [0.29, 0.717) is 43.9 Å². The average Bonchev–Trinajstić information content (AvgIpc) is 2.77. The average molecular weight is 474 g/mol. The molecule has 0 spiro atoms. The van der Waals surface area contributed by atoms with Crippen LogP contribution in [0, 0.1) is 27.7 Å². The Bertz CT molecular complexity index is 1100. The maximum Gasteiger partial charge on any atom is 0.241 e. The number of aryl methyl sites for hydroxylation is 2. The molecular weight excluding hydrogens is 438 g/mol. The molecule has 2 aromatic rings. The van der Waals surface area contributed by atoms with Crippen LogP contribution in [0.25, 0.3) is 0 Å². The number of rotatable bonds is 7. The van der Waals surface area contributed by atoms with Crippen LogP contribution in [-0.2, 0) is 14.8 Å². The number of nitrogens with zero attached hydrogens (tertiary/aromatic N) is 2. The first-order valence-corrected chi connectivity index (χ1v) is 12.9. The molecule has 0 saturated carbocycles. The van der Waals surface area contributed by atoms with Gasteiger partial charge in [0.1, 0.15) is 5.75 Å². The van der Waals surface area contributed by atoms with Gasteiger partial charge in [-0.2, -0.15) is 4.72 Å². The van der Waals surface area contributed by atoms with Gasteiger partial charge in [0.2, 0.25) is 15.9 Å². The van der Waals surface area contributed by atoms with Gasteiger partial charge in [-0.05, 0) is 75.9 Å².